The third-order valence-electron chi connectivity index (χ3n) is 4.48. The molecular formula is C15H16ClN3O4S. The zero-order valence-corrected chi connectivity index (χ0v) is 14.4. The first kappa shape index (κ1) is 16.0. The predicted octanol–water partition coefficient (Wildman–Crippen LogP) is 1.02. The Labute approximate surface area is 143 Å². The lowest BCUT2D eigenvalue weighted by Crippen LogP contribution is -2.40. The van der Waals surface area contributed by atoms with Crippen LogP contribution in [0.15, 0.2) is 21.8 Å². The van der Waals surface area contributed by atoms with Gasteiger partial charge in [-0.3, -0.25) is 4.79 Å². The molecule has 2 aliphatic heterocycles. The van der Waals surface area contributed by atoms with Crippen LogP contribution in [-0.2, 0) is 27.7 Å². The van der Waals surface area contributed by atoms with Crippen molar-refractivity contribution in [2.45, 2.75) is 24.3 Å². The van der Waals surface area contributed by atoms with Crippen molar-refractivity contribution in [3.8, 4) is 0 Å². The van der Waals surface area contributed by atoms with Gasteiger partial charge in [0.25, 0.3) is 5.56 Å². The van der Waals surface area contributed by atoms with Gasteiger partial charge in [-0.1, -0.05) is 11.6 Å². The molecule has 0 saturated carbocycles. The summed E-state index contributed by atoms with van der Waals surface area (Å²) in [6, 6.07) is 2.94. The molecule has 1 fully saturated rings. The molecule has 0 amide bonds. The van der Waals surface area contributed by atoms with E-state index in [-0.39, 0.29) is 28.4 Å². The summed E-state index contributed by atoms with van der Waals surface area (Å²) < 4.78 is 34.2. The first-order valence-corrected chi connectivity index (χ1v) is 9.61. The molecule has 2 aromatic rings. The Bertz CT molecular complexity index is 980. The minimum atomic E-state index is -3.77. The molecule has 9 heteroatoms. The van der Waals surface area contributed by atoms with Crippen molar-refractivity contribution >= 4 is 32.5 Å². The summed E-state index contributed by atoms with van der Waals surface area (Å²) in [7, 11) is -3.77. The van der Waals surface area contributed by atoms with E-state index in [4.69, 9.17) is 16.3 Å². The average molecular weight is 370 g/mol. The highest BCUT2D eigenvalue weighted by Crippen LogP contribution is 2.30. The van der Waals surface area contributed by atoms with Gasteiger partial charge in [-0.15, -0.1) is 0 Å². The van der Waals surface area contributed by atoms with Crippen molar-refractivity contribution in [3.05, 3.63) is 33.3 Å². The van der Waals surface area contributed by atoms with Gasteiger partial charge < -0.3 is 9.30 Å². The van der Waals surface area contributed by atoms with Crippen LogP contribution in [0.1, 0.15) is 12.2 Å². The Morgan fingerprint density at radius 1 is 1.17 bits per heavy atom. The molecule has 1 aromatic carbocycles. The molecule has 128 valence electrons. The summed E-state index contributed by atoms with van der Waals surface area (Å²) in [4.78, 5) is 16.3. The molecule has 1 saturated heterocycles. The molecule has 2 aliphatic rings. The van der Waals surface area contributed by atoms with Crippen molar-refractivity contribution in [1.29, 1.82) is 0 Å². The highest BCUT2D eigenvalue weighted by atomic mass is 35.5. The smallest absolute Gasteiger partial charge is 0.280 e. The number of sulfonamides is 1. The topological polar surface area (TPSA) is 81.5 Å². The third kappa shape index (κ3) is 2.45. The van der Waals surface area contributed by atoms with Crippen LogP contribution in [0, 0.1) is 0 Å². The fourth-order valence-electron chi connectivity index (χ4n) is 3.27. The van der Waals surface area contributed by atoms with Gasteiger partial charge in [0.15, 0.2) is 0 Å². The van der Waals surface area contributed by atoms with E-state index in [1.165, 1.54) is 10.4 Å². The lowest BCUT2D eigenvalue weighted by molar-refractivity contribution is 0.0730. The minimum absolute atomic E-state index is 0.0454. The minimum Gasteiger partial charge on any atom is -0.379 e. The second-order valence-corrected chi connectivity index (χ2v) is 8.22. The van der Waals surface area contributed by atoms with Crippen LogP contribution in [0.5, 0.6) is 0 Å². The van der Waals surface area contributed by atoms with Crippen LogP contribution < -0.4 is 5.56 Å². The standard InChI is InChI=1S/C15H16ClN3O4S/c16-11-9-12-10(15(20)17-14-2-1-3-19(12)14)8-13(11)24(21,22)18-4-6-23-7-5-18/h8-9H,1-7H2. The molecule has 0 unspecified atom stereocenters. The molecule has 24 heavy (non-hydrogen) atoms. The highest BCUT2D eigenvalue weighted by molar-refractivity contribution is 7.89. The summed E-state index contributed by atoms with van der Waals surface area (Å²) >= 11 is 6.29. The molecule has 0 bridgehead atoms. The number of aryl methyl sites for hydroxylation is 2. The Morgan fingerprint density at radius 2 is 1.92 bits per heavy atom. The first-order valence-electron chi connectivity index (χ1n) is 7.79. The molecule has 0 spiro atoms. The van der Waals surface area contributed by atoms with E-state index in [9.17, 15) is 13.2 Å². The molecule has 0 atom stereocenters. The van der Waals surface area contributed by atoms with E-state index in [0.717, 1.165) is 25.2 Å². The monoisotopic (exact) mass is 369 g/mol. The summed E-state index contributed by atoms with van der Waals surface area (Å²) in [5, 5.41) is 0.415. The number of ether oxygens (including phenoxy) is 1. The van der Waals surface area contributed by atoms with E-state index >= 15 is 0 Å². The Morgan fingerprint density at radius 3 is 2.67 bits per heavy atom. The van der Waals surface area contributed by atoms with Crippen LogP contribution in [0.4, 0.5) is 0 Å². The van der Waals surface area contributed by atoms with E-state index in [1.54, 1.807) is 6.07 Å². The number of aromatic nitrogens is 2. The summed E-state index contributed by atoms with van der Waals surface area (Å²) in [6.45, 7) is 2.01. The maximum absolute atomic E-state index is 12.9. The first-order chi connectivity index (χ1) is 11.5. The Kier molecular flexibility index (Phi) is 3.87. The van der Waals surface area contributed by atoms with Crippen molar-refractivity contribution in [2.24, 2.45) is 0 Å². The van der Waals surface area contributed by atoms with Gasteiger partial charge in [0.1, 0.15) is 10.7 Å². The number of hydrogen-bond acceptors (Lipinski definition) is 5. The molecule has 0 N–H and O–H groups in total. The number of halogens is 1. The maximum Gasteiger partial charge on any atom is 0.280 e. The second kappa shape index (κ2) is 5.80. The van der Waals surface area contributed by atoms with Crippen molar-refractivity contribution in [3.63, 3.8) is 0 Å². The maximum atomic E-state index is 12.9. The van der Waals surface area contributed by atoms with Gasteiger partial charge in [-0.25, -0.2) is 8.42 Å². The zero-order valence-electron chi connectivity index (χ0n) is 12.9. The zero-order chi connectivity index (χ0) is 16.9. The second-order valence-electron chi connectivity index (χ2n) is 5.90. The molecule has 3 heterocycles. The SMILES string of the molecule is O=c1nc2n(c3cc(Cl)c(S(=O)(=O)N4CCOCC4)cc13)CCC2. The average Bonchev–Trinajstić information content (AvgIpc) is 3.03. The summed E-state index contributed by atoms with van der Waals surface area (Å²) in [5.74, 6) is 0.729. The van der Waals surface area contributed by atoms with Crippen LogP contribution >= 0.6 is 11.6 Å². The molecular weight excluding hydrogens is 354 g/mol. The van der Waals surface area contributed by atoms with Crippen LogP contribution in [-0.4, -0.2) is 48.6 Å². The van der Waals surface area contributed by atoms with Gasteiger partial charge in [0.2, 0.25) is 10.0 Å². The number of hydrogen-bond donors (Lipinski definition) is 0. The van der Waals surface area contributed by atoms with Gasteiger partial charge in [0.05, 0.1) is 29.1 Å². The van der Waals surface area contributed by atoms with Crippen molar-refractivity contribution < 1.29 is 13.2 Å². The number of nitrogens with zero attached hydrogens (tertiary/aromatic N) is 3. The molecule has 4 rings (SSSR count). The number of fused-ring (bicyclic) bond motifs is 3. The normalized spacial score (nSPS) is 18.9. The largest absolute Gasteiger partial charge is 0.379 e. The fraction of sp³-hybridized carbons (Fsp3) is 0.467. The molecule has 0 radical (unpaired) electrons. The van der Waals surface area contributed by atoms with Crippen molar-refractivity contribution in [2.75, 3.05) is 26.3 Å². The number of benzene rings is 1. The molecule has 1 aromatic heterocycles. The summed E-state index contributed by atoms with van der Waals surface area (Å²) in [6.07, 6.45) is 1.66. The number of morpholine rings is 1. The van der Waals surface area contributed by atoms with Crippen molar-refractivity contribution in [1.82, 2.24) is 13.9 Å². The van der Waals surface area contributed by atoms with Crippen LogP contribution in [0.25, 0.3) is 10.9 Å². The van der Waals surface area contributed by atoms with E-state index in [2.05, 4.69) is 4.98 Å². The third-order valence-corrected chi connectivity index (χ3v) is 6.85. The number of rotatable bonds is 2. The highest BCUT2D eigenvalue weighted by Gasteiger charge is 2.29. The van der Waals surface area contributed by atoms with Gasteiger partial charge in [-0.05, 0) is 18.6 Å². The summed E-state index contributed by atoms with van der Waals surface area (Å²) in [5.41, 5.74) is 0.238. The van der Waals surface area contributed by atoms with E-state index in [0.29, 0.717) is 18.7 Å². The molecule has 0 aliphatic carbocycles. The van der Waals surface area contributed by atoms with E-state index < -0.39 is 15.6 Å². The lowest BCUT2D eigenvalue weighted by atomic mass is 10.2. The van der Waals surface area contributed by atoms with E-state index in [1.807, 2.05) is 4.57 Å². The van der Waals surface area contributed by atoms with Crippen LogP contribution in [0.3, 0.4) is 0 Å². The predicted molar refractivity (Wildman–Crippen MR) is 88.9 cm³/mol. The lowest BCUT2D eigenvalue weighted by Gasteiger charge is -2.26. The fourth-order valence-corrected chi connectivity index (χ4v) is 5.20. The quantitative estimate of drug-likeness (QED) is 0.789. The molecule has 7 nitrogen and oxygen atoms in total. The van der Waals surface area contributed by atoms with Gasteiger partial charge in [0, 0.05) is 26.1 Å². The van der Waals surface area contributed by atoms with Gasteiger partial charge >= 0.3 is 0 Å². The Hall–Kier alpha value is -1.48. The Balaban J connectivity index is 1.91. The van der Waals surface area contributed by atoms with Crippen LogP contribution in [0.2, 0.25) is 5.02 Å². The van der Waals surface area contributed by atoms with Gasteiger partial charge in [-0.2, -0.15) is 9.29 Å².